The SMILES string of the molecule is CCNC(CCc1ccccc1C)c1nccnc1OC. The van der Waals surface area contributed by atoms with Crippen LogP contribution in [0.25, 0.3) is 0 Å². The molecule has 4 heteroatoms. The number of methoxy groups -OCH3 is 1. The molecule has 4 nitrogen and oxygen atoms in total. The highest BCUT2D eigenvalue weighted by atomic mass is 16.5. The number of benzene rings is 1. The van der Waals surface area contributed by atoms with Crippen molar-refractivity contribution in [3.05, 3.63) is 53.5 Å². The Bertz CT molecular complexity index is 571. The fourth-order valence-electron chi connectivity index (χ4n) is 2.50. The van der Waals surface area contributed by atoms with Gasteiger partial charge in [0.15, 0.2) is 0 Å². The third-order valence-corrected chi connectivity index (χ3v) is 3.63. The third kappa shape index (κ3) is 4.02. The number of aromatic nitrogens is 2. The van der Waals surface area contributed by atoms with E-state index in [0.29, 0.717) is 5.88 Å². The third-order valence-electron chi connectivity index (χ3n) is 3.63. The second-order valence-corrected chi connectivity index (χ2v) is 5.03. The highest BCUT2D eigenvalue weighted by Crippen LogP contribution is 2.24. The Morgan fingerprint density at radius 3 is 2.67 bits per heavy atom. The zero-order valence-corrected chi connectivity index (χ0v) is 13.0. The molecule has 0 aliphatic carbocycles. The van der Waals surface area contributed by atoms with Crippen molar-refractivity contribution in [1.29, 1.82) is 0 Å². The maximum atomic E-state index is 5.33. The Morgan fingerprint density at radius 2 is 1.95 bits per heavy atom. The number of nitrogens with one attached hydrogen (secondary N) is 1. The Hall–Kier alpha value is -1.94. The second-order valence-electron chi connectivity index (χ2n) is 5.03. The summed E-state index contributed by atoms with van der Waals surface area (Å²) in [5.41, 5.74) is 3.59. The molecule has 1 aromatic carbocycles. The second kappa shape index (κ2) is 7.74. The zero-order chi connectivity index (χ0) is 15.1. The van der Waals surface area contributed by atoms with Crippen LogP contribution in [0.2, 0.25) is 0 Å². The van der Waals surface area contributed by atoms with Crippen molar-refractivity contribution in [1.82, 2.24) is 15.3 Å². The lowest BCUT2D eigenvalue weighted by Crippen LogP contribution is -2.23. The van der Waals surface area contributed by atoms with Gasteiger partial charge in [0, 0.05) is 12.4 Å². The first-order valence-corrected chi connectivity index (χ1v) is 7.39. The lowest BCUT2D eigenvalue weighted by atomic mass is 9.99. The van der Waals surface area contributed by atoms with Crippen LogP contribution in [0, 0.1) is 6.92 Å². The summed E-state index contributed by atoms with van der Waals surface area (Å²) in [7, 11) is 1.64. The van der Waals surface area contributed by atoms with Crippen LogP contribution >= 0.6 is 0 Å². The van der Waals surface area contributed by atoms with Crippen molar-refractivity contribution in [2.75, 3.05) is 13.7 Å². The fraction of sp³-hybridized carbons (Fsp3) is 0.412. The molecule has 1 heterocycles. The van der Waals surface area contributed by atoms with Crippen LogP contribution < -0.4 is 10.1 Å². The smallest absolute Gasteiger partial charge is 0.236 e. The Morgan fingerprint density at radius 1 is 1.19 bits per heavy atom. The van der Waals surface area contributed by atoms with E-state index in [9.17, 15) is 0 Å². The predicted molar refractivity (Wildman–Crippen MR) is 84.5 cm³/mol. The van der Waals surface area contributed by atoms with Crippen molar-refractivity contribution in [3.63, 3.8) is 0 Å². The van der Waals surface area contributed by atoms with Gasteiger partial charge in [-0.25, -0.2) is 4.98 Å². The molecule has 0 radical (unpaired) electrons. The fourth-order valence-corrected chi connectivity index (χ4v) is 2.50. The van der Waals surface area contributed by atoms with E-state index in [2.05, 4.69) is 53.4 Å². The van der Waals surface area contributed by atoms with E-state index in [4.69, 9.17) is 4.74 Å². The number of rotatable bonds is 7. The molecule has 0 amide bonds. The van der Waals surface area contributed by atoms with Crippen LogP contribution in [0.15, 0.2) is 36.7 Å². The van der Waals surface area contributed by atoms with Crippen molar-refractivity contribution in [2.24, 2.45) is 0 Å². The standard InChI is InChI=1S/C17H23N3O/c1-4-18-15(16-17(21-3)20-12-11-19-16)10-9-14-8-6-5-7-13(14)2/h5-8,11-12,15,18H,4,9-10H2,1-3H3. The summed E-state index contributed by atoms with van der Waals surface area (Å²) in [6.07, 6.45) is 5.35. The highest BCUT2D eigenvalue weighted by Gasteiger charge is 2.17. The van der Waals surface area contributed by atoms with Gasteiger partial charge < -0.3 is 10.1 Å². The summed E-state index contributed by atoms with van der Waals surface area (Å²) in [4.78, 5) is 8.70. The van der Waals surface area contributed by atoms with Gasteiger partial charge >= 0.3 is 0 Å². The lowest BCUT2D eigenvalue weighted by Gasteiger charge is -2.19. The van der Waals surface area contributed by atoms with E-state index in [1.54, 1.807) is 19.5 Å². The van der Waals surface area contributed by atoms with Crippen LogP contribution in [0.4, 0.5) is 0 Å². The summed E-state index contributed by atoms with van der Waals surface area (Å²) in [5.74, 6) is 0.605. The summed E-state index contributed by atoms with van der Waals surface area (Å²) < 4.78 is 5.33. The molecular formula is C17H23N3O. The van der Waals surface area contributed by atoms with E-state index in [0.717, 1.165) is 25.1 Å². The maximum absolute atomic E-state index is 5.33. The van der Waals surface area contributed by atoms with Crippen molar-refractivity contribution in [2.45, 2.75) is 32.7 Å². The van der Waals surface area contributed by atoms with E-state index in [1.807, 2.05) is 0 Å². The Balaban J connectivity index is 2.14. The lowest BCUT2D eigenvalue weighted by molar-refractivity contribution is 0.374. The molecule has 1 N–H and O–H groups in total. The van der Waals surface area contributed by atoms with E-state index in [1.165, 1.54) is 11.1 Å². The zero-order valence-electron chi connectivity index (χ0n) is 13.0. The first kappa shape index (κ1) is 15.4. The maximum Gasteiger partial charge on any atom is 0.236 e. The number of nitrogens with zero attached hydrogens (tertiary/aromatic N) is 2. The molecule has 0 aliphatic heterocycles. The molecule has 0 aliphatic rings. The van der Waals surface area contributed by atoms with Crippen LogP contribution in [0.5, 0.6) is 5.88 Å². The topological polar surface area (TPSA) is 47.0 Å². The minimum Gasteiger partial charge on any atom is -0.480 e. The average Bonchev–Trinajstić information content (AvgIpc) is 2.53. The number of ether oxygens (including phenoxy) is 1. The van der Waals surface area contributed by atoms with Gasteiger partial charge in [0.25, 0.3) is 0 Å². The summed E-state index contributed by atoms with van der Waals surface area (Å²) in [6, 6.07) is 8.66. The molecule has 112 valence electrons. The molecule has 2 aromatic rings. The summed E-state index contributed by atoms with van der Waals surface area (Å²) in [5, 5.41) is 3.48. The number of hydrogen-bond acceptors (Lipinski definition) is 4. The Labute approximate surface area is 126 Å². The van der Waals surface area contributed by atoms with Crippen LogP contribution in [-0.2, 0) is 6.42 Å². The minimum atomic E-state index is 0.151. The molecule has 2 rings (SSSR count). The molecule has 21 heavy (non-hydrogen) atoms. The minimum absolute atomic E-state index is 0.151. The summed E-state index contributed by atoms with van der Waals surface area (Å²) in [6.45, 7) is 5.14. The van der Waals surface area contributed by atoms with E-state index < -0.39 is 0 Å². The molecule has 1 atom stereocenters. The van der Waals surface area contributed by atoms with E-state index >= 15 is 0 Å². The van der Waals surface area contributed by atoms with Gasteiger partial charge in [0.1, 0.15) is 5.69 Å². The number of hydrogen-bond donors (Lipinski definition) is 1. The quantitative estimate of drug-likeness (QED) is 0.849. The van der Waals surface area contributed by atoms with Crippen LogP contribution in [-0.4, -0.2) is 23.6 Å². The van der Waals surface area contributed by atoms with Gasteiger partial charge in [0.05, 0.1) is 13.2 Å². The van der Waals surface area contributed by atoms with Gasteiger partial charge in [-0.2, -0.15) is 0 Å². The molecule has 0 bridgehead atoms. The molecule has 0 spiro atoms. The molecule has 1 aromatic heterocycles. The van der Waals surface area contributed by atoms with E-state index in [-0.39, 0.29) is 6.04 Å². The molecule has 0 saturated carbocycles. The molecule has 1 unspecified atom stereocenters. The van der Waals surface area contributed by atoms with Crippen molar-refractivity contribution >= 4 is 0 Å². The van der Waals surface area contributed by atoms with Gasteiger partial charge in [-0.05, 0) is 37.4 Å². The number of aryl methyl sites for hydroxylation is 2. The summed E-state index contributed by atoms with van der Waals surface area (Å²) >= 11 is 0. The normalized spacial score (nSPS) is 12.1. The molecular weight excluding hydrogens is 262 g/mol. The van der Waals surface area contributed by atoms with Crippen LogP contribution in [0.1, 0.15) is 36.2 Å². The van der Waals surface area contributed by atoms with Gasteiger partial charge in [-0.3, -0.25) is 4.98 Å². The highest BCUT2D eigenvalue weighted by molar-refractivity contribution is 5.27. The average molecular weight is 285 g/mol. The molecule has 0 saturated heterocycles. The predicted octanol–water partition coefficient (Wildman–Crippen LogP) is 3.08. The first-order chi connectivity index (χ1) is 10.3. The van der Waals surface area contributed by atoms with Crippen LogP contribution in [0.3, 0.4) is 0 Å². The van der Waals surface area contributed by atoms with Crippen molar-refractivity contribution in [3.8, 4) is 5.88 Å². The largest absolute Gasteiger partial charge is 0.480 e. The monoisotopic (exact) mass is 285 g/mol. The Kier molecular flexibility index (Phi) is 5.69. The van der Waals surface area contributed by atoms with Gasteiger partial charge in [0.2, 0.25) is 5.88 Å². The van der Waals surface area contributed by atoms with Gasteiger partial charge in [-0.1, -0.05) is 31.2 Å². The molecule has 0 fully saturated rings. The van der Waals surface area contributed by atoms with Gasteiger partial charge in [-0.15, -0.1) is 0 Å². The first-order valence-electron chi connectivity index (χ1n) is 7.39. The van der Waals surface area contributed by atoms with Crippen molar-refractivity contribution < 1.29 is 4.74 Å².